The zero-order valence-corrected chi connectivity index (χ0v) is 25.7. The predicted octanol–water partition coefficient (Wildman–Crippen LogP) is 5.85. The van der Waals surface area contributed by atoms with Gasteiger partial charge in [-0.1, -0.05) is 50.6 Å². The fourth-order valence-electron chi connectivity index (χ4n) is 4.54. The number of hydrogen-bond acceptors (Lipinski definition) is 8. The van der Waals surface area contributed by atoms with Crippen LogP contribution in [-0.4, -0.2) is 41.7 Å². The van der Waals surface area contributed by atoms with Gasteiger partial charge in [-0.2, -0.15) is 10.2 Å². The summed E-state index contributed by atoms with van der Waals surface area (Å²) in [5, 5.41) is 16.1. The van der Waals surface area contributed by atoms with Crippen molar-refractivity contribution in [1.29, 1.82) is 5.26 Å². The van der Waals surface area contributed by atoms with E-state index in [2.05, 4.69) is 20.6 Å². The van der Waals surface area contributed by atoms with Crippen LogP contribution in [0.1, 0.15) is 26.3 Å². The van der Waals surface area contributed by atoms with Crippen LogP contribution in [0.15, 0.2) is 65.1 Å². The molecule has 222 valence electrons. The molecule has 0 bridgehead atoms. The van der Waals surface area contributed by atoms with Crippen molar-refractivity contribution in [2.45, 2.75) is 33.7 Å². The number of aromatic nitrogens is 3. The smallest absolute Gasteiger partial charge is 0.265 e. The first-order valence-electron chi connectivity index (χ1n) is 13.5. The monoisotopic (exact) mass is 600 g/mol. The lowest BCUT2D eigenvalue weighted by molar-refractivity contribution is -0.112. The standard InChI is InChI=1S/C32H33ClN6O4/c1-32(2,3)16-21(17-34)29(40)37-22-9-7-8-19(12-22)10-11-39-28-20(18-36-31(35-4)38-28)13-25(30(39)41)24-14-23(42-5)15-26(43-6)27(24)33/h7-9,12-16,18H,10-11H2,1-6H3,(H,37,40)(H,35,36,38). The number of nitrogens with zero attached hydrogens (tertiary/aromatic N) is 4. The second kappa shape index (κ2) is 13.0. The number of fused-ring (bicyclic) bond motifs is 1. The Morgan fingerprint density at radius 3 is 2.56 bits per heavy atom. The number of amides is 1. The van der Waals surface area contributed by atoms with Gasteiger partial charge in [0, 0.05) is 48.1 Å². The number of aryl methyl sites for hydroxylation is 2. The quantitative estimate of drug-likeness (QED) is 0.181. The van der Waals surface area contributed by atoms with Gasteiger partial charge in [0.1, 0.15) is 28.8 Å². The molecule has 0 atom stereocenters. The molecular weight excluding hydrogens is 568 g/mol. The van der Waals surface area contributed by atoms with Crippen LogP contribution in [0.3, 0.4) is 0 Å². The number of anilines is 2. The first kappa shape index (κ1) is 31.1. The summed E-state index contributed by atoms with van der Waals surface area (Å²) in [6.45, 7) is 6.03. The Labute approximate surface area is 254 Å². The van der Waals surface area contributed by atoms with Crippen LogP contribution >= 0.6 is 11.6 Å². The van der Waals surface area contributed by atoms with Crippen molar-refractivity contribution in [3.05, 3.63) is 81.3 Å². The topological polar surface area (TPSA) is 131 Å². The maximum atomic E-state index is 14.0. The summed E-state index contributed by atoms with van der Waals surface area (Å²) in [5.41, 5.74) is 2.06. The molecule has 2 aromatic carbocycles. The molecular formula is C32H33ClN6O4. The number of nitriles is 1. The van der Waals surface area contributed by atoms with E-state index in [1.807, 2.05) is 45.0 Å². The van der Waals surface area contributed by atoms with Crippen molar-refractivity contribution in [3.63, 3.8) is 0 Å². The molecule has 0 fully saturated rings. The summed E-state index contributed by atoms with van der Waals surface area (Å²) in [7, 11) is 4.72. The molecule has 43 heavy (non-hydrogen) atoms. The van der Waals surface area contributed by atoms with Crippen LogP contribution in [-0.2, 0) is 17.8 Å². The highest BCUT2D eigenvalue weighted by Crippen LogP contribution is 2.38. The summed E-state index contributed by atoms with van der Waals surface area (Å²) >= 11 is 6.67. The number of carbonyl (C=O) groups is 1. The van der Waals surface area contributed by atoms with E-state index in [9.17, 15) is 14.9 Å². The molecule has 0 radical (unpaired) electrons. The van der Waals surface area contributed by atoms with Gasteiger partial charge in [0.25, 0.3) is 11.5 Å². The number of hydrogen-bond donors (Lipinski definition) is 2. The average Bonchev–Trinajstić information content (AvgIpc) is 2.98. The molecule has 0 spiro atoms. The van der Waals surface area contributed by atoms with Crippen LogP contribution in [0.5, 0.6) is 11.5 Å². The van der Waals surface area contributed by atoms with Crippen LogP contribution in [0.4, 0.5) is 11.6 Å². The van der Waals surface area contributed by atoms with Crippen molar-refractivity contribution in [1.82, 2.24) is 14.5 Å². The van der Waals surface area contributed by atoms with E-state index in [1.54, 1.807) is 48.2 Å². The molecule has 0 aliphatic rings. The summed E-state index contributed by atoms with van der Waals surface area (Å²) in [4.78, 5) is 35.7. The fourth-order valence-corrected chi connectivity index (χ4v) is 4.83. The number of ether oxygens (including phenoxy) is 2. The Morgan fingerprint density at radius 1 is 1.14 bits per heavy atom. The van der Waals surface area contributed by atoms with Gasteiger partial charge >= 0.3 is 0 Å². The lowest BCUT2D eigenvalue weighted by Gasteiger charge is -2.16. The third-order valence-corrected chi connectivity index (χ3v) is 6.95. The SMILES string of the molecule is CNc1ncc2cc(-c3cc(OC)cc(OC)c3Cl)c(=O)n(CCc3cccc(NC(=O)C(C#N)=CC(C)(C)C)c3)c2n1. The van der Waals surface area contributed by atoms with Gasteiger partial charge in [-0.25, -0.2) is 4.98 Å². The first-order chi connectivity index (χ1) is 20.5. The predicted molar refractivity (Wildman–Crippen MR) is 169 cm³/mol. The minimum atomic E-state index is -0.480. The maximum Gasteiger partial charge on any atom is 0.265 e. The Morgan fingerprint density at radius 2 is 1.91 bits per heavy atom. The van der Waals surface area contributed by atoms with Crippen molar-refractivity contribution >= 4 is 40.2 Å². The lowest BCUT2D eigenvalue weighted by Crippen LogP contribution is -2.24. The minimum absolute atomic E-state index is 0.0422. The number of rotatable bonds is 9. The fraction of sp³-hybridized carbons (Fsp3) is 0.281. The Balaban J connectivity index is 1.73. The summed E-state index contributed by atoms with van der Waals surface area (Å²) in [6, 6.07) is 14.3. The van der Waals surface area contributed by atoms with Crippen molar-refractivity contribution in [2.24, 2.45) is 5.41 Å². The molecule has 0 saturated carbocycles. The van der Waals surface area contributed by atoms with Crippen LogP contribution < -0.4 is 25.7 Å². The van der Waals surface area contributed by atoms with Gasteiger partial charge in [0.2, 0.25) is 5.95 Å². The number of pyridine rings is 1. The van der Waals surface area contributed by atoms with E-state index in [0.29, 0.717) is 51.7 Å². The first-order valence-corrected chi connectivity index (χ1v) is 13.9. The van der Waals surface area contributed by atoms with Gasteiger partial charge in [0.05, 0.1) is 19.2 Å². The van der Waals surface area contributed by atoms with E-state index in [4.69, 9.17) is 21.1 Å². The van der Waals surface area contributed by atoms with Gasteiger partial charge in [-0.15, -0.1) is 0 Å². The number of benzene rings is 2. The molecule has 4 rings (SSSR count). The van der Waals surface area contributed by atoms with Crippen LogP contribution in [0.2, 0.25) is 5.02 Å². The van der Waals surface area contributed by atoms with Gasteiger partial charge < -0.3 is 20.1 Å². The van der Waals surface area contributed by atoms with Crippen LogP contribution in [0, 0.1) is 16.7 Å². The normalized spacial score (nSPS) is 11.6. The number of carbonyl (C=O) groups excluding carboxylic acids is 1. The molecule has 0 saturated heterocycles. The number of allylic oxidation sites excluding steroid dienone is 1. The highest BCUT2D eigenvalue weighted by molar-refractivity contribution is 6.35. The molecule has 10 nitrogen and oxygen atoms in total. The van der Waals surface area contributed by atoms with Gasteiger partial charge in [-0.05, 0) is 41.7 Å². The third-order valence-electron chi connectivity index (χ3n) is 6.56. The molecule has 2 heterocycles. The molecule has 0 unspecified atom stereocenters. The highest BCUT2D eigenvalue weighted by Gasteiger charge is 2.19. The zero-order valence-electron chi connectivity index (χ0n) is 24.9. The molecule has 11 heteroatoms. The summed E-state index contributed by atoms with van der Waals surface area (Å²) in [6.07, 6.45) is 3.73. The van der Waals surface area contributed by atoms with E-state index < -0.39 is 5.91 Å². The van der Waals surface area contributed by atoms with E-state index in [0.717, 1.165) is 5.56 Å². The molecule has 4 aromatic rings. The van der Waals surface area contributed by atoms with E-state index >= 15 is 0 Å². The Bertz CT molecular complexity index is 1820. The minimum Gasteiger partial charge on any atom is -0.497 e. The molecule has 0 aliphatic carbocycles. The van der Waals surface area contributed by atoms with E-state index in [1.165, 1.54) is 14.2 Å². The number of nitrogens with one attached hydrogen (secondary N) is 2. The van der Waals surface area contributed by atoms with Crippen LogP contribution in [0.25, 0.3) is 22.2 Å². The molecule has 2 aromatic heterocycles. The van der Waals surface area contributed by atoms with Gasteiger partial charge in [0.15, 0.2) is 0 Å². The molecule has 1 amide bonds. The van der Waals surface area contributed by atoms with Crippen molar-refractivity contribution < 1.29 is 14.3 Å². The molecule has 0 aliphatic heterocycles. The number of methoxy groups -OCH3 is 2. The average molecular weight is 601 g/mol. The highest BCUT2D eigenvalue weighted by atomic mass is 35.5. The summed E-state index contributed by atoms with van der Waals surface area (Å²) < 4.78 is 12.4. The third kappa shape index (κ3) is 7.13. The maximum absolute atomic E-state index is 14.0. The van der Waals surface area contributed by atoms with Crippen molar-refractivity contribution in [2.75, 3.05) is 31.9 Å². The van der Waals surface area contributed by atoms with Gasteiger partial charge in [-0.3, -0.25) is 14.2 Å². The molecule has 2 N–H and O–H groups in total. The second-order valence-corrected chi connectivity index (χ2v) is 11.2. The summed E-state index contributed by atoms with van der Waals surface area (Å²) in [5.74, 6) is 0.752. The Hall–Kier alpha value is -4.88. The number of halogens is 1. The second-order valence-electron chi connectivity index (χ2n) is 10.9. The Kier molecular flexibility index (Phi) is 9.37. The largest absolute Gasteiger partial charge is 0.497 e. The zero-order chi connectivity index (χ0) is 31.3. The lowest BCUT2D eigenvalue weighted by atomic mass is 9.93. The van der Waals surface area contributed by atoms with E-state index in [-0.39, 0.29) is 28.1 Å². The van der Waals surface area contributed by atoms with Crippen molar-refractivity contribution in [3.8, 4) is 28.7 Å².